The molecule has 0 radical (unpaired) electrons. The first-order chi connectivity index (χ1) is 24.1. The van der Waals surface area contributed by atoms with E-state index in [1.807, 2.05) is 0 Å². The number of hydrogen-bond donors (Lipinski definition) is 0. The lowest BCUT2D eigenvalue weighted by Gasteiger charge is -2.38. The molecule has 3 heterocycles. The van der Waals surface area contributed by atoms with Crippen LogP contribution in [0.3, 0.4) is 0 Å². The maximum absolute atomic E-state index is 5.79. The number of hydrogen-bond acceptors (Lipinski definition) is 2. The van der Waals surface area contributed by atoms with E-state index in [4.69, 9.17) is 9.98 Å². The van der Waals surface area contributed by atoms with E-state index in [0.717, 1.165) is 47.6 Å². The van der Waals surface area contributed by atoms with Gasteiger partial charge in [0.25, 0.3) is 0 Å². The van der Waals surface area contributed by atoms with Gasteiger partial charge in [0.05, 0.1) is 27.8 Å². The average Bonchev–Trinajstić information content (AvgIpc) is 3.67. The Hall–Kier alpha value is -5.74. The lowest BCUT2D eigenvalue weighted by atomic mass is 9.77. The second-order valence-corrected chi connectivity index (χ2v) is 13.6. The molecule has 49 heavy (non-hydrogen) atoms. The highest BCUT2D eigenvalue weighted by molar-refractivity contribution is 6.25. The van der Waals surface area contributed by atoms with Gasteiger partial charge in [-0.1, -0.05) is 135 Å². The molecule has 1 aliphatic heterocycles. The molecule has 2 atom stereocenters. The summed E-state index contributed by atoms with van der Waals surface area (Å²) in [6.07, 6.45) is 2.61. The third kappa shape index (κ3) is 4.74. The van der Waals surface area contributed by atoms with Crippen LogP contribution >= 0.6 is 0 Å². The molecule has 0 bridgehead atoms. The normalized spacial score (nSPS) is 19.5. The molecule has 0 saturated carbocycles. The number of para-hydroxylation sites is 3. The third-order valence-corrected chi connectivity index (χ3v) is 10.8. The van der Waals surface area contributed by atoms with Crippen molar-refractivity contribution in [3.05, 3.63) is 163 Å². The first kappa shape index (κ1) is 29.4. The van der Waals surface area contributed by atoms with Crippen LogP contribution in [-0.4, -0.2) is 20.7 Å². The van der Waals surface area contributed by atoms with Gasteiger partial charge in [-0.15, -0.1) is 0 Å². The molecule has 6 aromatic carbocycles. The molecule has 4 heteroatoms. The van der Waals surface area contributed by atoms with Crippen LogP contribution in [0.4, 0.5) is 0 Å². The summed E-state index contributed by atoms with van der Waals surface area (Å²) < 4.78 is 4.99. The lowest BCUT2D eigenvalue weighted by molar-refractivity contribution is 0.181. The van der Waals surface area contributed by atoms with Crippen LogP contribution in [-0.2, 0) is 0 Å². The minimum absolute atomic E-state index is 0.162. The Morgan fingerprint density at radius 1 is 0.612 bits per heavy atom. The van der Waals surface area contributed by atoms with E-state index >= 15 is 0 Å². The summed E-state index contributed by atoms with van der Waals surface area (Å²) in [6.45, 7) is 4.77. The topological polar surface area (TPSA) is 34.6 Å². The number of aromatic nitrogens is 2. The highest BCUT2D eigenvalue weighted by Crippen LogP contribution is 2.48. The van der Waals surface area contributed by atoms with E-state index in [2.05, 4.69) is 175 Å². The monoisotopic (exact) mass is 634 g/mol. The Balaban J connectivity index is 1.42. The van der Waals surface area contributed by atoms with E-state index in [0.29, 0.717) is 0 Å². The van der Waals surface area contributed by atoms with Gasteiger partial charge < -0.3 is 9.13 Å². The molecule has 4 nitrogen and oxygen atoms in total. The number of nitrogens with zero attached hydrogens (tertiary/aromatic N) is 4. The van der Waals surface area contributed by atoms with Gasteiger partial charge in [0.2, 0.25) is 0 Å². The number of amidine groups is 1. The Morgan fingerprint density at radius 2 is 1.22 bits per heavy atom. The molecule has 0 aliphatic carbocycles. The summed E-state index contributed by atoms with van der Waals surface area (Å²) in [5, 5.41) is 5.02. The van der Waals surface area contributed by atoms with Crippen LogP contribution in [0.2, 0.25) is 0 Å². The molecule has 238 valence electrons. The minimum atomic E-state index is -0.194. The summed E-state index contributed by atoms with van der Waals surface area (Å²) in [5.41, 5.74) is 9.13. The molecular formula is C45H38N4. The van der Waals surface area contributed by atoms with Gasteiger partial charge in [-0.05, 0) is 55.2 Å². The van der Waals surface area contributed by atoms with Crippen molar-refractivity contribution in [1.29, 1.82) is 0 Å². The number of fused-ring (bicyclic) bond motifs is 7. The standard InChI is InChI=1S/C45H38N4/c1-3-45(2)30-29-37(31-17-7-4-8-18-31)46-43(32-19-9-5-10-20-32)47-44(45)49-38-25-15-13-23-34(38)35-27-28-40-41(42(35)49)36-24-14-16-26-39(36)48(40)33-21-11-6-12-22-33/h4-28,44H,3,29-30H2,1-2H3/b46-37?,47-43-. The predicted molar refractivity (Wildman–Crippen MR) is 206 cm³/mol. The highest BCUT2D eigenvalue weighted by atomic mass is 15.2. The molecule has 0 N–H and O–H groups in total. The van der Waals surface area contributed by atoms with Crippen molar-refractivity contribution in [2.75, 3.05) is 0 Å². The van der Waals surface area contributed by atoms with E-state index < -0.39 is 0 Å². The molecule has 0 fully saturated rings. The quantitative estimate of drug-likeness (QED) is 0.181. The van der Waals surface area contributed by atoms with Gasteiger partial charge >= 0.3 is 0 Å². The Bertz CT molecular complexity index is 2540. The van der Waals surface area contributed by atoms with Crippen molar-refractivity contribution in [3.8, 4) is 5.69 Å². The van der Waals surface area contributed by atoms with Crippen molar-refractivity contribution in [2.24, 2.45) is 15.4 Å². The van der Waals surface area contributed by atoms with Gasteiger partial charge in [-0.25, -0.2) is 9.98 Å². The smallest absolute Gasteiger partial charge is 0.156 e. The Morgan fingerprint density at radius 3 is 1.94 bits per heavy atom. The van der Waals surface area contributed by atoms with E-state index in [-0.39, 0.29) is 11.6 Å². The Kier molecular flexibility index (Phi) is 7.05. The van der Waals surface area contributed by atoms with Gasteiger partial charge in [0.1, 0.15) is 6.17 Å². The first-order valence-electron chi connectivity index (χ1n) is 17.4. The molecule has 0 spiro atoms. The summed E-state index contributed by atoms with van der Waals surface area (Å²) in [5.74, 6) is 0.786. The predicted octanol–water partition coefficient (Wildman–Crippen LogP) is 11.5. The van der Waals surface area contributed by atoms with E-state index in [1.54, 1.807) is 0 Å². The van der Waals surface area contributed by atoms with Gasteiger partial charge in [-0.3, -0.25) is 0 Å². The fourth-order valence-electron chi connectivity index (χ4n) is 7.96. The summed E-state index contributed by atoms with van der Waals surface area (Å²) in [4.78, 5) is 11.2. The number of benzene rings is 6. The van der Waals surface area contributed by atoms with Crippen molar-refractivity contribution in [1.82, 2.24) is 9.13 Å². The molecule has 2 unspecified atom stereocenters. The van der Waals surface area contributed by atoms with Crippen molar-refractivity contribution >= 4 is 55.2 Å². The van der Waals surface area contributed by atoms with Gasteiger partial charge in [0.15, 0.2) is 5.84 Å². The first-order valence-corrected chi connectivity index (χ1v) is 17.4. The number of aliphatic imine (C=N–C) groups is 2. The summed E-state index contributed by atoms with van der Waals surface area (Å²) in [7, 11) is 0. The number of rotatable bonds is 5. The fraction of sp³-hybridized carbons (Fsp3) is 0.156. The van der Waals surface area contributed by atoms with Crippen LogP contribution in [0.1, 0.15) is 50.4 Å². The molecule has 9 rings (SSSR count). The zero-order valence-electron chi connectivity index (χ0n) is 27.9. The maximum Gasteiger partial charge on any atom is 0.156 e. The van der Waals surface area contributed by atoms with Crippen LogP contribution in [0.15, 0.2) is 162 Å². The summed E-state index contributed by atoms with van der Waals surface area (Å²) >= 11 is 0. The zero-order chi connectivity index (χ0) is 33.0. The molecular weight excluding hydrogens is 597 g/mol. The molecule has 0 amide bonds. The second-order valence-electron chi connectivity index (χ2n) is 13.6. The molecule has 8 aromatic rings. The molecule has 2 aromatic heterocycles. The van der Waals surface area contributed by atoms with Crippen LogP contribution in [0.5, 0.6) is 0 Å². The average molecular weight is 635 g/mol. The maximum atomic E-state index is 5.79. The SMILES string of the molecule is CCC1(C)CCC(c2ccccc2)=N/C(c2ccccc2)=N\C1n1c2ccccc2c2ccc3c(c4ccccc4n3-c3ccccc3)c21. The van der Waals surface area contributed by atoms with Gasteiger partial charge in [0, 0.05) is 38.2 Å². The fourth-order valence-corrected chi connectivity index (χ4v) is 7.96. The van der Waals surface area contributed by atoms with Crippen LogP contribution in [0, 0.1) is 5.41 Å². The summed E-state index contributed by atoms with van der Waals surface area (Å²) in [6, 6.07) is 54.3. The van der Waals surface area contributed by atoms with Crippen molar-refractivity contribution < 1.29 is 0 Å². The minimum Gasteiger partial charge on any atom is -0.316 e. The molecule has 1 aliphatic rings. The zero-order valence-corrected chi connectivity index (χ0v) is 27.9. The van der Waals surface area contributed by atoms with Gasteiger partial charge in [-0.2, -0.15) is 0 Å². The second kappa shape index (κ2) is 11.7. The lowest BCUT2D eigenvalue weighted by Crippen LogP contribution is -2.31. The van der Waals surface area contributed by atoms with E-state index in [1.165, 1.54) is 43.6 Å². The largest absolute Gasteiger partial charge is 0.316 e. The Labute approximate surface area is 286 Å². The van der Waals surface area contributed by atoms with Crippen LogP contribution in [0.25, 0.3) is 49.3 Å². The van der Waals surface area contributed by atoms with E-state index in [9.17, 15) is 0 Å². The highest BCUT2D eigenvalue weighted by Gasteiger charge is 2.38. The third-order valence-electron chi connectivity index (χ3n) is 10.8. The molecule has 0 saturated heterocycles. The van der Waals surface area contributed by atoms with Crippen molar-refractivity contribution in [2.45, 2.75) is 39.3 Å². The van der Waals surface area contributed by atoms with Crippen LogP contribution < -0.4 is 0 Å². The van der Waals surface area contributed by atoms with Crippen molar-refractivity contribution in [3.63, 3.8) is 0 Å².